The maximum absolute atomic E-state index is 13.2. The Morgan fingerprint density at radius 3 is 2.00 bits per heavy atom. The maximum atomic E-state index is 13.2. The molecule has 2 aromatic rings. The second kappa shape index (κ2) is 11.9. The number of nitrogens with zero attached hydrogens (tertiary/aromatic N) is 2. The molecule has 0 N–H and O–H groups in total. The van der Waals surface area contributed by atoms with Crippen molar-refractivity contribution in [1.82, 2.24) is 4.90 Å². The highest BCUT2D eigenvalue weighted by molar-refractivity contribution is 5.35. The highest BCUT2D eigenvalue weighted by Gasteiger charge is 2.64. The van der Waals surface area contributed by atoms with Crippen LogP contribution in [-0.4, -0.2) is 30.7 Å². The van der Waals surface area contributed by atoms with Gasteiger partial charge in [0.15, 0.2) is 0 Å². The van der Waals surface area contributed by atoms with Crippen LogP contribution < -0.4 is 0 Å². The highest BCUT2D eigenvalue weighted by atomic mass is 19.4. The van der Waals surface area contributed by atoms with E-state index in [9.17, 15) is 13.2 Å². The lowest BCUT2D eigenvalue weighted by Gasteiger charge is -2.22. The van der Waals surface area contributed by atoms with Crippen molar-refractivity contribution >= 4 is 0 Å². The van der Waals surface area contributed by atoms with E-state index in [1.807, 2.05) is 18.2 Å². The molecule has 31 heavy (non-hydrogen) atoms. The van der Waals surface area contributed by atoms with Crippen molar-refractivity contribution in [1.29, 1.82) is 5.26 Å². The number of benzene rings is 2. The first-order chi connectivity index (χ1) is 14.9. The van der Waals surface area contributed by atoms with Crippen LogP contribution in [0.4, 0.5) is 13.2 Å². The molecule has 168 valence electrons. The van der Waals surface area contributed by atoms with Gasteiger partial charge in [-0.25, -0.2) is 0 Å². The number of aryl methyl sites for hydroxylation is 1. The summed E-state index contributed by atoms with van der Waals surface area (Å²) in [5.74, 6) is 0. The van der Waals surface area contributed by atoms with Crippen LogP contribution in [-0.2, 0) is 18.3 Å². The monoisotopic (exact) mass is 430 g/mol. The van der Waals surface area contributed by atoms with Crippen LogP contribution in [0.5, 0.6) is 0 Å². The number of halogens is 3. The molecule has 3 rings (SSSR count). The Morgan fingerprint density at radius 2 is 1.48 bits per heavy atom. The molecule has 5 heteroatoms. The van der Waals surface area contributed by atoms with Gasteiger partial charge in [0.05, 0.1) is 11.5 Å². The van der Waals surface area contributed by atoms with Crippen molar-refractivity contribution in [3.8, 4) is 6.07 Å². The molecule has 0 aromatic heterocycles. The summed E-state index contributed by atoms with van der Waals surface area (Å²) in [5.41, 5.74) is 1.35. The lowest BCUT2D eigenvalue weighted by atomic mass is 9.94. The Morgan fingerprint density at radius 1 is 0.903 bits per heavy atom. The van der Waals surface area contributed by atoms with Crippen LogP contribution in [0, 0.1) is 11.3 Å². The largest absolute Gasteiger partial charge is 0.398 e. The molecule has 1 saturated carbocycles. The van der Waals surface area contributed by atoms with Gasteiger partial charge in [-0.3, -0.25) is 0 Å². The van der Waals surface area contributed by atoms with E-state index in [4.69, 9.17) is 5.26 Å². The third-order valence-electron chi connectivity index (χ3n) is 5.84. The fraction of sp³-hybridized carbons (Fsp3) is 0.500. The van der Waals surface area contributed by atoms with E-state index in [0.717, 1.165) is 50.9 Å². The minimum Gasteiger partial charge on any atom is -0.303 e. The number of alkyl halides is 3. The predicted molar refractivity (Wildman–Crippen MR) is 120 cm³/mol. The van der Waals surface area contributed by atoms with Gasteiger partial charge in [0.25, 0.3) is 0 Å². The molecule has 2 aromatic carbocycles. The first kappa shape index (κ1) is 24.9. The average Bonchev–Trinajstić information content (AvgIpc) is 3.56. The topological polar surface area (TPSA) is 27.0 Å². The van der Waals surface area contributed by atoms with Crippen molar-refractivity contribution < 1.29 is 13.2 Å². The van der Waals surface area contributed by atoms with Gasteiger partial charge in [-0.1, -0.05) is 61.5 Å². The molecule has 0 saturated heterocycles. The number of hydrogen-bond donors (Lipinski definition) is 0. The number of nitriles is 1. The van der Waals surface area contributed by atoms with Gasteiger partial charge in [-0.2, -0.15) is 18.4 Å². The molecule has 0 atom stereocenters. The van der Waals surface area contributed by atoms with Crippen LogP contribution in [0.2, 0.25) is 0 Å². The van der Waals surface area contributed by atoms with Crippen LogP contribution in [0.1, 0.15) is 56.2 Å². The van der Waals surface area contributed by atoms with E-state index in [0.29, 0.717) is 5.56 Å². The summed E-state index contributed by atoms with van der Waals surface area (Å²) in [6.07, 6.45) is 0.432. The van der Waals surface area contributed by atoms with E-state index in [1.165, 1.54) is 12.5 Å². The van der Waals surface area contributed by atoms with E-state index in [-0.39, 0.29) is 12.8 Å². The zero-order chi connectivity index (χ0) is 22.7. The normalized spacial score (nSPS) is 14.5. The summed E-state index contributed by atoms with van der Waals surface area (Å²) < 4.78 is 39.7. The molecule has 0 bridgehead atoms. The summed E-state index contributed by atoms with van der Waals surface area (Å²) in [6, 6.07) is 19.4. The smallest absolute Gasteiger partial charge is 0.303 e. The van der Waals surface area contributed by atoms with Crippen molar-refractivity contribution in [2.45, 2.75) is 64.0 Å². The minimum absolute atomic E-state index is 0.225. The van der Waals surface area contributed by atoms with Crippen molar-refractivity contribution in [2.75, 3.05) is 19.6 Å². The van der Waals surface area contributed by atoms with Gasteiger partial charge in [0.2, 0.25) is 0 Å². The third-order valence-corrected chi connectivity index (χ3v) is 5.84. The van der Waals surface area contributed by atoms with E-state index >= 15 is 0 Å². The third kappa shape index (κ3) is 7.40. The number of hydrogen-bond acceptors (Lipinski definition) is 2. The summed E-state index contributed by atoms with van der Waals surface area (Å²) >= 11 is 0. The predicted octanol–water partition coefficient (Wildman–Crippen LogP) is 6.70. The summed E-state index contributed by atoms with van der Waals surface area (Å²) in [7, 11) is 0. The first-order valence-electron chi connectivity index (χ1n) is 11.1. The van der Waals surface area contributed by atoms with Crippen LogP contribution in [0.15, 0.2) is 54.6 Å². The zero-order valence-electron chi connectivity index (χ0n) is 18.6. The van der Waals surface area contributed by atoms with Gasteiger partial charge < -0.3 is 4.90 Å². The second-order valence-electron chi connectivity index (χ2n) is 8.18. The van der Waals surface area contributed by atoms with Crippen molar-refractivity contribution in [2.24, 2.45) is 0 Å². The van der Waals surface area contributed by atoms with Gasteiger partial charge in [0.1, 0.15) is 0 Å². The molecule has 0 heterocycles. The molecular weight excluding hydrogens is 397 g/mol. The summed E-state index contributed by atoms with van der Waals surface area (Å²) in [5, 5.41) is 7.32. The second-order valence-corrected chi connectivity index (χ2v) is 8.18. The van der Waals surface area contributed by atoms with Crippen LogP contribution >= 0.6 is 0 Å². The summed E-state index contributed by atoms with van der Waals surface area (Å²) in [6.45, 7) is 6.78. The standard InChI is InChI=1S/C24H30F3N.C2H3N/c1-2-17-28(19-14-20-7-4-3-5-8-20)18-6-9-21-10-12-22(13-11-21)23(15-16-23)24(25,26)27;1-2-3/h3-5,7-8,10-13H,2,6,9,14-19H2,1H3;1H3. The van der Waals surface area contributed by atoms with Gasteiger partial charge in [-0.05, 0) is 68.3 Å². The fourth-order valence-corrected chi connectivity index (χ4v) is 3.94. The zero-order valence-corrected chi connectivity index (χ0v) is 18.6. The number of rotatable bonds is 10. The maximum Gasteiger partial charge on any atom is 0.398 e. The van der Waals surface area contributed by atoms with E-state index in [1.54, 1.807) is 18.2 Å². The Kier molecular flexibility index (Phi) is 9.58. The fourth-order valence-electron chi connectivity index (χ4n) is 3.94. The van der Waals surface area contributed by atoms with E-state index < -0.39 is 11.6 Å². The van der Waals surface area contributed by atoms with Crippen molar-refractivity contribution in [3.63, 3.8) is 0 Å². The molecule has 0 aliphatic heterocycles. The Balaban J connectivity index is 0.00000107. The van der Waals surface area contributed by atoms with Crippen molar-refractivity contribution in [3.05, 3.63) is 71.3 Å². The summed E-state index contributed by atoms with van der Waals surface area (Å²) in [4.78, 5) is 2.49. The first-order valence-corrected chi connectivity index (χ1v) is 11.1. The van der Waals surface area contributed by atoms with Gasteiger partial charge in [-0.15, -0.1) is 0 Å². The molecule has 2 nitrogen and oxygen atoms in total. The van der Waals surface area contributed by atoms with Crippen LogP contribution in [0.3, 0.4) is 0 Å². The quantitative estimate of drug-likeness (QED) is 0.419. The Labute approximate surface area is 184 Å². The molecule has 0 unspecified atom stereocenters. The molecule has 0 amide bonds. The molecule has 1 fully saturated rings. The molecule has 0 spiro atoms. The Bertz CT molecular complexity index is 803. The lowest BCUT2D eigenvalue weighted by molar-refractivity contribution is -0.160. The van der Waals surface area contributed by atoms with Gasteiger partial charge in [0, 0.05) is 13.5 Å². The SMILES string of the molecule is CC#N.CCCN(CCCc1ccc(C2(C(F)(F)F)CC2)cc1)CCc1ccccc1. The lowest BCUT2D eigenvalue weighted by Crippen LogP contribution is -2.28. The molecular formula is C26H33F3N2. The van der Waals surface area contributed by atoms with Gasteiger partial charge >= 0.3 is 6.18 Å². The van der Waals surface area contributed by atoms with Crippen LogP contribution in [0.25, 0.3) is 0 Å². The molecule has 1 aliphatic rings. The molecule has 1 aliphatic carbocycles. The molecule has 0 radical (unpaired) electrons. The van der Waals surface area contributed by atoms with E-state index in [2.05, 4.69) is 36.1 Å². The average molecular weight is 431 g/mol. The Hall–Kier alpha value is -2.32. The highest BCUT2D eigenvalue weighted by Crippen LogP contribution is 2.58. The minimum atomic E-state index is -4.13.